The molecule has 0 saturated heterocycles. The second-order valence-electron chi connectivity index (χ2n) is 4.33. The maximum atomic E-state index is 9.37. The van der Waals surface area contributed by atoms with E-state index in [4.69, 9.17) is 21.1 Å². The lowest BCUT2D eigenvalue weighted by molar-refractivity contribution is 0.173. The minimum Gasteiger partial charge on any atom is -0.506 e. The van der Waals surface area contributed by atoms with Crippen molar-refractivity contribution in [1.29, 1.82) is 0 Å². The summed E-state index contributed by atoms with van der Waals surface area (Å²) in [7, 11) is 0. The molecule has 20 heavy (non-hydrogen) atoms. The quantitative estimate of drug-likeness (QED) is 0.811. The first-order valence-corrected chi connectivity index (χ1v) is 7.11. The molecule has 0 aromatic heterocycles. The number of hydrogen-bond acceptors (Lipinski definition) is 4. The molecule has 0 fully saturated rings. The lowest BCUT2D eigenvalue weighted by atomic mass is 10.2. The summed E-state index contributed by atoms with van der Waals surface area (Å²) in [6, 6.07) is 8.91. The third-order valence-electron chi connectivity index (χ3n) is 2.93. The number of phenols is 1. The Hall–Kier alpha value is -1.59. The molecule has 2 N–H and O–H groups in total. The van der Waals surface area contributed by atoms with Gasteiger partial charge in [0.15, 0.2) is 11.5 Å². The first-order valence-electron chi connectivity index (χ1n) is 5.94. The number of halogens is 2. The number of hydrogen-bond donors (Lipinski definition) is 2. The zero-order valence-corrected chi connectivity index (χ0v) is 12.7. The van der Waals surface area contributed by atoms with Crippen molar-refractivity contribution in [2.24, 2.45) is 0 Å². The van der Waals surface area contributed by atoms with Crippen LogP contribution in [0.3, 0.4) is 0 Å². The molecule has 0 radical (unpaired) electrons. The Kier molecular flexibility index (Phi) is 3.63. The van der Waals surface area contributed by atoms with Crippen molar-refractivity contribution in [3.63, 3.8) is 0 Å². The summed E-state index contributed by atoms with van der Waals surface area (Å²) in [4.78, 5) is 0. The minimum absolute atomic E-state index is 0.0723. The van der Waals surface area contributed by atoms with Gasteiger partial charge in [-0.1, -0.05) is 11.6 Å². The number of phenolic OH excluding ortho intramolecular Hbond substituents is 1. The van der Waals surface area contributed by atoms with Crippen LogP contribution in [0.2, 0.25) is 5.02 Å². The first kappa shape index (κ1) is 13.4. The highest BCUT2D eigenvalue weighted by Crippen LogP contribution is 2.40. The molecular formula is C14H11BrClNO3. The van der Waals surface area contributed by atoms with Gasteiger partial charge in [0.05, 0.1) is 9.50 Å². The number of rotatable bonds is 3. The topological polar surface area (TPSA) is 50.7 Å². The molecule has 6 heteroatoms. The fourth-order valence-electron chi connectivity index (χ4n) is 1.94. The van der Waals surface area contributed by atoms with E-state index >= 15 is 0 Å². The average molecular weight is 357 g/mol. The molecule has 2 aromatic carbocycles. The van der Waals surface area contributed by atoms with Crippen LogP contribution in [0.4, 0.5) is 5.69 Å². The van der Waals surface area contributed by atoms with E-state index in [9.17, 15) is 5.11 Å². The summed E-state index contributed by atoms with van der Waals surface area (Å²) in [5.41, 5.74) is 1.88. The Bertz CT molecular complexity index is 663. The van der Waals surface area contributed by atoms with Gasteiger partial charge in [-0.25, -0.2) is 0 Å². The monoisotopic (exact) mass is 355 g/mol. The predicted molar refractivity (Wildman–Crippen MR) is 80.7 cm³/mol. The van der Waals surface area contributed by atoms with Gasteiger partial charge < -0.3 is 19.9 Å². The van der Waals surface area contributed by atoms with Crippen molar-refractivity contribution < 1.29 is 14.6 Å². The van der Waals surface area contributed by atoms with Crippen LogP contribution in [0.25, 0.3) is 0 Å². The van der Waals surface area contributed by atoms with Gasteiger partial charge in [0, 0.05) is 12.2 Å². The van der Waals surface area contributed by atoms with Crippen molar-refractivity contribution in [2.45, 2.75) is 6.54 Å². The third-order valence-corrected chi connectivity index (χ3v) is 3.82. The van der Waals surface area contributed by atoms with Crippen LogP contribution in [0, 0.1) is 0 Å². The van der Waals surface area contributed by atoms with Gasteiger partial charge in [0.1, 0.15) is 5.75 Å². The molecule has 0 aliphatic carbocycles. The van der Waals surface area contributed by atoms with Crippen molar-refractivity contribution in [3.05, 3.63) is 45.4 Å². The van der Waals surface area contributed by atoms with E-state index in [1.165, 1.54) is 0 Å². The van der Waals surface area contributed by atoms with Crippen LogP contribution in [-0.2, 0) is 6.54 Å². The summed E-state index contributed by atoms with van der Waals surface area (Å²) in [5.74, 6) is 1.55. The molecule has 3 rings (SSSR count). The van der Waals surface area contributed by atoms with Crippen LogP contribution >= 0.6 is 27.5 Å². The van der Waals surface area contributed by atoms with E-state index in [1.807, 2.05) is 12.1 Å². The highest BCUT2D eigenvalue weighted by Gasteiger charge is 2.17. The third kappa shape index (κ3) is 2.64. The highest BCUT2D eigenvalue weighted by atomic mass is 79.9. The number of aromatic hydroxyl groups is 1. The SMILES string of the molecule is Oc1ccc(NCc2cc(Br)c3c(c2)OCO3)cc1Cl. The molecule has 104 valence electrons. The zero-order chi connectivity index (χ0) is 14.1. The fourth-order valence-corrected chi connectivity index (χ4v) is 2.73. The Morgan fingerprint density at radius 1 is 1.25 bits per heavy atom. The molecule has 4 nitrogen and oxygen atoms in total. The number of benzene rings is 2. The Labute approximate surface area is 129 Å². The molecule has 0 amide bonds. The molecule has 0 unspecified atom stereocenters. The predicted octanol–water partition coefficient (Wildman–Crippen LogP) is 4.15. The molecule has 1 aliphatic heterocycles. The van der Waals surface area contributed by atoms with E-state index in [0.29, 0.717) is 11.6 Å². The molecular weight excluding hydrogens is 346 g/mol. The van der Waals surface area contributed by atoms with Crippen molar-refractivity contribution in [1.82, 2.24) is 0 Å². The molecule has 1 aliphatic rings. The molecule has 0 saturated carbocycles. The van der Waals surface area contributed by atoms with Crippen molar-refractivity contribution >= 4 is 33.2 Å². The average Bonchev–Trinajstić information content (AvgIpc) is 2.89. The summed E-state index contributed by atoms with van der Waals surface area (Å²) in [6.45, 7) is 0.856. The van der Waals surface area contributed by atoms with E-state index < -0.39 is 0 Å². The Morgan fingerprint density at radius 2 is 2.10 bits per heavy atom. The summed E-state index contributed by atoms with van der Waals surface area (Å²) in [5, 5.41) is 12.9. The summed E-state index contributed by atoms with van der Waals surface area (Å²) in [6.07, 6.45) is 0. The van der Waals surface area contributed by atoms with Gasteiger partial charge in [0.2, 0.25) is 6.79 Å². The first-order chi connectivity index (χ1) is 9.63. The lowest BCUT2D eigenvalue weighted by Gasteiger charge is -2.09. The van der Waals surface area contributed by atoms with Gasteiger partial charge in [-0.15, -0.1) is 0 Å². The van der Waals surface area contributed by atoms with Crippen molar-refractivity contribution in [2.75, 3.05) is 12.1 Å². The van der Waals surface area contributed by atoms with Gasteiger partial charge in [-0.05, 0) is 51.8 Å². The molecule has 0 atom stereocenters. The van der Waals surface area contributed by atoms with Crippen LogP contribution in [0.5, 0.6) is 17.2 Å². The highest BCUT2D eigenvalue weighted by molar-refractivity contribution is 9.10. The lowest BCUT2D eigenvalue weighted by Crippen LogP contribution is -1.99. The van der Waals surface area contributed by atoms with E-state index in [2.05, 4.69) is 21.2 Å². The largest absolute Gasteiger partial charge is 0.506 e. The van der Waals surface area contributed by atoms with Crippen molar-refractivity contribution in [3.8, 4) is 17.2 Å². The zero-order valence-electron chi connectivity index (χ0n) is 10.3. The number of fused-ring (bicyclic) bond motifs is 1. The fraction of sp³-hybridized carbons (Fsp3) is 0.143. The maximum Gasteiger partial charge on any atom is 0.231 e. The van der Waals surface area contributed by atoms with E-state index in [1.54, 1.807) is 18.2 Å². The van der Waals surface area contributed by atoms with Crippen LogP contribution < -0.4 is 14.8 Å². The second kappa shape index (κ2) is 5.42. The smallest absolute Gasteiger partial charge is 0.231 e. The van der Waals surface area contributed by atoms with Gasteiger partial charge in [0.25, 0.3) is 0 Å². The number of nitrogens with one attached hydrogen (secondary N) is 1. The van der Waals surface area contributed by atoms with Crippen LogP contribution in [0.15, 0.2) is 34.8 Å². The Balaban J connectivity index is 1.75. The second-order valence-corrected chi connectivity index (χ2v) is 5.59. The molecule has 1 heterocycles. The summed E-state index contributed by atoms with van der Waals surface area (Å²) < 4.78 is 11.6. The van der Waals surface area contributed by atoms with Gasteiger partial charge in [-0.2, -0.15) is 0 Å². The number of ether oxygens (including phenoxy) is 2. The van der Waals surface area contributed by atoms with E-state index in [-0.39, 0.29) is 12.5 Å². The van der Waals surface area contributed by atoms with E-state index in [0.717, 1.165) is 27.2 Å². The van der Waals surface area contributed by atoms with Gasteiger partial charge >= 0.3 is 0 Å². The molecule has 0 bridgehead atoms. The van der Waals surface area contributed by atoms with Crippen LogP contribution in [0.1, 0.15) is 5.56 Å². The molecule has 2 aromatic rings. The standard InChI is InChI=1S/C14H11BrClNO3/c15-10-3-8(4-13-14(10)20-7-19-13)6-17-9-1-2-12(18)11(16)5-9/h1-5,17-18H,6-7H2. The molecule has 0 spiro atoms. The maximum absolute atomic E-state index is 9.37. The van der Waals surface area contributed by atoms with Gasteiger partial charge in [-0.3, -0.25) is 0 Å². The Morgan fingerprint density at radius 3 is 2.90 bits per heavy atom. The minimum atomic E-state index is 0.0723. The van der Waals surface area contributed by atoms with Crippen LogP contribution in [-0.4, -0.2) is 11.9 Å². The number of anilines is 1. The normalized spacial score (nSPS) is 12.5. The summed E-state index contributed by atoms with van der Waals surface area (Å²) >= 11 is 9.32.